The third-order valence-corrected chi connectivity index (χ3v) is 3.19. The van der Waals surface area contributed by atoms with Gasteiger partial charge in [-0.2, -0.15) is 0 Å². The van der Waals surface area contributed by atoms with Crippen molar-refractivity contribution in [3.63, 3.8) is 0 Å². The van der Waals surface area contributed by atoms with Crippen LogP contribution in [0.15, 0.2) is 30.3 Å². The highest BCUT2D eigenvalue weighted by Gasteiger charge is 2.09. The van der Waals surface area contributed by atoms with E-state index in [9.17, 15) is 0 Å². The molecule has 0 aliphatic heterocycles. The molecule has 0 saturated heterocycles. The third kappa shape index (κ3) is 2.41. The Labute approximate surface area is 111 Å². The van der Waals surface area contributed by atoms with Crippen molar-refractivity contribution >= 4 is 23.2 Å². The van der Waals surface area contributed by atoms with Crippen molar-refractivity contribution < 1.29 is 4.74 Å². The molecule has 0 atom stereocenters. The number of methoxy groups -OCH3 is 1. The van der Waals surface area contributed by atoms with Crippen molar-refractivity contribution in [2.45, 2.75) is 6.92 Å². The summed E-state index contributed by atoms with van der Waals surface area (Å²) in [6, 6.07) is 12.4. The van der Waals surface area contributed by atoms with Gasteiger partial charge in [0, 0.05) is 10.6 Å². The predicted molar refractivity (Wildman–Crippen MR) is 72.0 cm³/mol. The molecule has 1 radical (unpaired) electrons. The normalized spacial score (nSPS) is 10.4. The van der Waals surface area contributed by atoms with E-state index in [4.69, 9.17) is 27.9 Å². The monoisotopic (exact) mass is 265 g/mol. The van der Waals surface area contributed by atoms with Crippen LogP contribution in [0.5, 0.6) is 5.75 Å². The lowest BCUT2D eigenvalue weighted by Gasteiger charge is -2.10. The number of aryl methyl sites for hydroxylation is 1. The van der Waals surface area contributed by atoms with Crippen LogP contribution in [0.2, 0.25) is 10.0 Å². The fourth-order valence-electron chi connectivity index (χ4n) is 1.75. The first-order valence-corrected chi connectivity index (χ1v) is 5.89. The molecule has 0 spiro atoms. The van der Waals surface area contributed by atoms with Crippen molar-refractivity contribution in [1.82, 2.24) is 0 Å². The Morgan fingerprint density at radius 3 is 2.47 bits per heavy atom. The summed E-state index contributed by atoms with van der Waals surface area (Å²) >= 11 is 12.3. The van der Waals surface area contributed by atoms with Crippen LogP contribution < -0.4 is 4.74 Å². The number of halogens is 2. The Morgan fingerprint density at radius 2 is 1.88 bits per heavy atom. The number of ether oxygens (including phenoxy) is 1. The second kappa shape index (κ2) is 4.99. The molecule has 87 valence electrons. The summed E-state index contributed by atoms with van der Waals surface area (Å²) in [5.74, 6) is 0.657. The molecule has 0 amide bonds. The van der Waals surface area contributed by atoms with Crippen molar-refractivity contribution in [3.8, 4) is 16.9 Å². The smallest absolute Gasteiger partial charge is 0.137 e. The minimum atomic E-state index is 0.573. The molecule has 3 heteroatoms. The molecule has 17 heavy (non-hydrogen) atoms. The zero-order chi connectivity index (χ0) is 12.4. The molecule has 0 aliphatic carbocycles. The summed E-state index contributed by atoms with van der Waals surface area (Å²) in [6.07, 6.45) is 0. The molecule has 0 aliphatic rings. The van der Waals surface area contributed by atoms with E-state index in [1.807, 2.05) is 37.3 Å². The number of benzene rings is 2. The Kier molecular flexibility index (Phi) is 3.60. The van der Waals surface area contributed by atoms with E-state index in [-0.39, 0.29) is 0 Å². The average Bonchev–Trinajstić information content (AvgIpc) is 2.29. The van der Waals surface area contributed by atoms with Gasteiger partial charge in [0.2, 0.25) is 0 Å². The molecule has 0 bridgehead atoms. The van der Waals surface area contributed by atoms with E-state index in [0.29, 0.717) is 15.8 Å². The van der Waals surface area contributed by atoms with E-state index >= 15 is 0 Å². The van der Waals surface area contributed by atoms with Crippen molar-refractivity contribution in [2.24, 2.45) is 0 Å². The first kappa shape index (κ1) is 12.3. The number of hydrogen-bond donors (Lipinski definition) is 0. The summed E-state index contributed by atoms with van der Waals surface area (Å²) in [6.45, 7) is 1.97. The first-order valence-electron chi connectivity index (χ1n) is 5.14. The lowest BCUT2D eigenvalue weighted by atomic mass is 10.0. The van der Waals surface area contributed by atoms with Crippen LogP contribution in [0, 0.1) is 13.0 Å². The third-order valence-electron chi connectivity index (χ3n) is 2.58. The van der Waals surface area contributed by atoms with Crippen LogP contribution in [-0.2, 0) is 0 Å². The van der Waals surface area contributed by atoms with Gasteiger partial charge in [-0.1, -0.05) is 35.3 Å². The molecule has 0 fully saturated rings. The highest BCUT2D eigenvalue weighted by atomic mass is 35.5. The van der Waals surface area contributed by atoms with E-state index in [0.717, 1.165) is 16.7 Å². The van der Waals surface area contributed by atoms with Gasteiger partial charge in [-0.05, 0) is 42.3 Å². The highest BCUT2D eigenvalue weighted by molar-refractivity contribution is 6.34. The second-order valence-corrected chi connectivity index (χ2v) is 4.49. The summed E-state index contributed by atoms with van der Waals surface area (Å²) in [5.41, 5.74) is 2.92. The van der Waals surface area contributed by atoms with Gasteiger partial charge in [0.15, 0.2) is 0 Å². The minimum Gasteiger partial charge on any atom is -0.495 e. The molecule has 0 aromatic heterocycles. The molecular formula is C14H11Cl2O. The van der Waals surface area contributed by atoms with E-state index in [1.165, 1.54) is 0 Å². The predicted octanol–water partition coefficient (Wildman–Crippen LogP) is 4.78. The van der Waals surface area contributed by atoms with Gasteiger partial charge in [0.1, 0.15) is 5.75 Å². The largest absolute Gasteiger partial charge is 0.495 e. The topological polar surface area (TPSA) is 9.23 Å². The maximum Gasteiger partial charge on any atom is 0.137 e. The Hall–Kier alpha value is -1.18. The van der Waals surface area contributed by atoms with Crippen LogP contribution in [-0.4, -0.2) is 7.11 Å². The maximum atomic E-state index is 6.20. The summed E-state index contributed by atoms with van der Waals surface area (Å²) < 4.78 is 5.12. The van der Waals surface area contributed by atoms with Crippen LogP contribution >= 0.6 is 23.2 Å². The zero-order valence-corrected chi connectivity index (χ0v) is 11.1. The van der Waals surface area contributed by atoms with Gasteiger partial charge in [0.05, 0.1) is 12.1 Å². The van der Waals surface area contributed by atoms with E-state index in [1.54, 1.807) is 7.11 Å². The summed E-state index contributed by atoms with van der Waals surface area (Å²) in [4.78, 5) is 0. The SMILES string of the molecule is COc1ccc(-c2c(C)[c]ccc2Cl)cc1Cl. The quantitative estimate of drug-likeness (QED) is 0.760. The van der Waals surface area contributed by atoms with Gasteiger partial charge in [0.25, 0.3) is 0 Å². The molecule has 0 heterocycles. The minimum absolute atomic E-state index is 0.573. The molecule has 2 aromatic carbocycles. The highest BCUT2D eigenvalue weighted by Crippen LogP contribution is 2.35. The second-order valence-electron chi connectivity index (χ2n) is 3.67. The van der Waals surface area contributed by atoms with Crippen molar-refractivity contribution in [3.05, 3.63) is 52.0 Å². The molecule has 1 nitrogen and oxygen atoms in total. The maximum absolute atomic E-state index is 6.20. The number of hydrogen-bond acceptors (Lipinski definition) is 1. The lowest BCUT2D eigenvalue weighted by molar-refractivity contribution is 0.415. The van der Waals surface area contributed by atoms with E-state index in [2.05, 4.69) is 6.07 Å². The first-order chi connectivity index (χ1) is 8.13. The van der Waals surface area contributed by atoms with E-state index < -0.39 is 0 Å². The van der Waals surface area contributed by atoms with Gasteiger partial charge < -0.3 is 4.74 Å². The standard InChI is InChI=1S/C14H11Cl2O/c1-9-4-3-5-11(15)14(9)10-6-7-13(17-2)12(16)8-10/h3,5-8H,1-2H3. The lowest BCUT2D eigenvalue weighted by Crippen LogP contribution is -1.88. The Balaban J connectivity index is 2.57. The molecule has 0 unspecified atom stereocenters. The van der Waals surface area contributed by atoms with Gasteiger partial charge in [-0.15, -0.1) is 0 Å². The average molecular weight is 266 g/mol. The van der Waals surface area contributed by atoms with Crippen molar-refractivity contribution in [2.75, 3.05) is 7.11 Å². The van der Waals surface area contributed by atoms with Gasteiger partial charge >= 0.3 is 0 Å². The molecule has 0 saturated carbocycles. The molecule has 2 rings (SSSR count). The Morgan fingerprint density at radius 1 is 1.12 bits per heavy atom. The summed E-state index contributed by atoms with van der Waals surface area (Å²) in [5, 5.41) is 1.27. The molecule has 0 N–H and O–H groups in total. The fraction of sp³-hybridized carbons (Fsp3) is 0.143. The van der Waals surface area contributed by atoms with Crippen LogP contribution in [0.4, 0.5) is 0 Å². The number of rotatable bonds is 2. The van der Waals surface area contributed by atoms with Crippen LogP contribution in [0.25, 0.3) is 11.1 Å². The zero-order valence-electron chi connectivity index (χ0n) is 9.55. The Bertz CT molecular complexity index is 530. The molecular weight excluding hydrogens is 255 g/mol. The van der Waals surface area contributed by atoms with Gasteiger partial charge in [-0.25, -0.2) is 0 Å². The van der Waals surface area contributed by atoms with Crippen LogP contribution in [0.3, 0.4) is 0 Å². The van der Waals surface area contributed by atoms with Gasteiger partial charge in [-0.3, -0.25) is 0 Å². The summed E-state index contributed by atoms with van der Waals surface area (Å²) in [7, 11) is 1.59. The van der Waals surface area contributed by atoms with Crippen molar-refractivity contribution in [1.29, 1.82) is 0 Å². The fourth-order valence-corrected chi connectivity index (χ4v) is 2.32. The molecule has 2 aromatic rings. The van der Waals surface area contributed by atoms with Crippen LogP contribution in [0.1, 0.15) is 5.56 Å².